The molecular formula is C23H28N8. The maximum Gasteiger partial charge on any atom is 0.205 e. The van der Waals surface area contributed by atoms with Crippen LogP contribution in [0.5, 0.6) is 0 Å². The minimum Gasteiger partial charge on any atom is -0.260 e. The van der Waals surface area contributed by atoms with Gasteiger partial charge in [0, 0.05) is 41.4 Å². The van der Waals surface area contributed by atoms with E-state index < -0.39 is 0 Å². The molecule has 0 saturated carbocycles. The summed E-state index contributed by atoms with van der Waals surface area (Å²) >= 11 is 0. The molecule has 0 aliphatic carbocycles. The van der Waals surface area contributed by atoms with E-state index in [4.69, 9.17) is 15.1 Å². The number of nitrogens with zero attached hydrogens (tertiary/aromatic N) is 7. The van der Waals surface area contributed by atoms with Gasteiger partial charge in [0.2, 0.25) is 5.82 Å². The Morgan fingerprint density at radius 2 is 1.84 bits per heavy atom. The lowest BCUT2D eigenvalue weighted by Gasteiger charge is -2.12. The molecule has 1 aromatic carbocycles. The zero-order valence-electron chi connectivity index (χ0n) is 18.5. The SMILES string of the molecule is CCCCn1nc(C(C)(C)C)nc1Cc1ccc(-c2ccccc2-c2nn[nH]n2)cn1. The number of aromatic amines is 1. The lowest BCUT2D eigenvalue weighted by molar-refractivity contribution is 0.509. The van der Waals surface area contributed by atoms with Crippen LogP contribution < -0.4 is 0 Å². The van der Waals surface area contributed by atoms with Gasteiger partial charge in [-0.1, -0.05) is 64.4 Å². The fourth-order valence-corrected chi connectivity index (χ4v) is 3.37. The number of benzene rings is 1. The number of aryl methyl sites for hydroxylation is 1. The predicted octanol–water partition coefficient (Wildman–Crippen LogP) is 4.21. The van der Waals surface area contributed by atoms with Crippen LogP contribution in [0.2, 0.25) is 0 Å². The molecule has 160 valence electrons. The summed E-state index contributed by atoms with van der Waals surface area (Å²) in [6.07, 6.45) is 4.75. The van der Waals surface area contributed by atoms with E-state index in [0.717, 1.165) is 53.4 Å². The summed E-state index contributed by atoms with van der Waals surface area (Å²) in [6.45, 7) is 9.50. The maximum atomic E-state index is 4.84. The van der Waals surface area contributed by atoms with E-state index in [0.29, 0.717) is 12.2 Å². The topological polar surface area (TPSA) is 98.1 Å². The number of aromatic nitrogens is 8. The minimum atomic E-state index is -0.0810. The monoisotopic (exact) mass is 416 g/mol. The molecule has 3 aromatic heterocycles. The molecule has 0 unspecified atom stereocenters. The minimum absolute atomic E-state index is 0.0810. The van der Waals surface area contributed by atoms with Crippen molar-refractivity contribution < 1.29 is 0 Å². The first-order valence-electron chi connectivity index (χ1n) is 10.7. The molecule has 0 atom stereocenters. The van der Waals surface area contributed by atoms with Crippen LogP contribution in [0, 0.1) is 0 Å². The average Bonchev–Trinajstić information content (AvgIpc) is 3.43. The molecule has 8 nitrogen and oxygen atoms in total. The van der Waals surface area contributed by atoms with Crippen LogP contribution in [0.3, 0.4) is 0 Å². The Labute approximate surface area is 182 Å². The Morgan fingerprint density at radius 1 is 1.03 bits per heavy atom. The number of H-pyrrole nitrogens is 1. The number of hydrogen-bond acceptors (Lipinski definition) is 6. The van der Waals surface area contributed by atoms with Gasteiger partial charge in [0.15, 0.2) is 5.82 Å². The van der Waals surface area contributed by atoms with Crippen molar-refractivity contribution in [1.82, 2.24) is 40.4 Å². The van der Waals surface area contributed by atoms with E-state index in [1.165, 1.54) is 0 Å². The standard InChI is InChI=1S/C23H28N8/c1-5-6-13-31-20(25-22(28-31)23(2,3)4)14-17-12-11-16(15-24-17)18-9-7-8-10-19(18)21-26-29-30-27-21/h7-12,15H,5-6,13-14H2,1-4H3,(H,26,27,29,30). The Morgan fingerprint density at radius 3 is 2.48 bits per heavy atom. The van der Waals surface area contributed by atoms with Gasteiger partial charge in [-0.2, -0.15) is 10.3 Å². The van der Waals surface area contributed by atoms with Crippen LogP contribution in [-0.4, -0.2) is 40.4 Å². The van der Waals surface area contributed by atoms with Crippen LogP contribution in [-0.2, 0) is 18.4 Å². The normalized spacial score (nSPS) is 11.7. The van der Waals surface area contributed by atoms with Gasteiger partial charge in [0.1, 0.15) is 5.82 Å². The zero-order valence-corrected chi connectivity index (χ0v) is 18.5. The van der Waals surface area contributed by atoms with Gasteiger partial charge in [-0.05, 0) is 23.3 Å². The second-order valence-corrected chi connectivity index (χ2v) is 8.67. The number of hydrogen-bond donors (Lipinski definition) is 1. The Kier molecular flexibility index (Phi) is 5.88. The smallest absolute Gasteiger partial charge is 0.205 e. The van der Waals surface area contributed by atoms with Crippen LogP contribution >= 0.6 is 0 Å². The summed E-state index contributed by atoms with van der Waals surface area (Å²) in [5.41, 5.74) is 3.82. The molecule has 3 heterocycles. The molecule has 0 bridgehead atoms. The molecule has 0 amide bonds. The van der Waals surface area contributed by atoms with E-state index in [9.17, 15) is 0 Å². The van der Waals surface area contributed by atoms with E-state index in [2.05, 4.69) is 60.5 Å². The largest absolute Gasteiger partial charge is 0.260 e. The lowest BCUT2D eigenvalue weighted by atomic mass is 9.96. The van der Waals surface area contributed by atoms with Gasteiger partial charge >= 0.3 is 0 Å². The van der Waals surface area contributed by atoms with Crippen LogP contribution in [0.1, 0.15) is 57.9 Å². The van der Waals surface area contributed by atoms with Gasteiger partial charge in [0.05, 0.1) is 0 Å². The lowest BCUT2D eigenvalue weighted by Crippen LogP contribution is -2.14. The second kappa shape index (κ2) is 8.75. The molecule has 31 heavy (non-hydrogen) atoms. The Balaban J connectivity index is 1.60. The maximum absolute atomic E-state index is 4.84. The quantitative estimate of drug-likeness (QED) is 0.485. The summed E-state index contributed by atoms with van der Waals surface area (Å²) in [4.78, 5) is 9.56. The van der Waals surface area contributed by atoms with Gasteiger partial charge in [0.25, 0.3) is 0 Å². The second-order valence-electron chi connectivity index (χ2n) is 8.67. The first-order valence-corrected chi connectivity index (χ1v) is 10.7. The first kappa shape index (κ1) is 20.8. The highest BCUT2D eigenvalue weighted by atomic mass is 15.5. The van der Waals surface area contributed by atoms with Crippen molar-refractivity contribution in [3.8, 4) is 22.5 Å². The molecule has 0 spiro atoms. The molecular weight excluding hydrogens is 388 g/mol. The molecule has 0 saturated heterocycles. The van der Waals surface area contributed by atoms with Crippen molar-refractivity contribution in [1.29, 1.82) is 0 Å². The van der Waals surface area contributed by atoms with Crippen molar-refractivity contribution in [3.63, 3.8) is 0 Å². The highest BCUT2D eigenvalue weighted by molar-refractivity contribution is 5.79. The van der Waals surface area contributed by atoms with Gasteiger partial charge in [-0.25, -0.2) is 9.67 Å². The highest BCUT2D eigenvalue weighted by Gasteiger charge is 2.22. The van der Waals surface area contributed by atoms with E-state index in [-0.39, 0.29) is 5.41 Å². The van der Waals surface area contributed by atoms with E-state index >= 15 is 0 Å². The van der Waals surface area contributed by atoms with Crippen molar-refractivity contribution >= 4 is 0 Å². The fourth-order valence-electron chi connectivity index (χ4n) is 3.37. The Bertz CT molecular complexity index is 1120. The van der Waals surface area contributed by atoms with Crippen LogP contribution in [0.15, 0.2) is 42.6 Å². The molecule has 0 aliphatic rings. The van der Waals surface area contributed by atoms with Crippen molar-refractivity contribution in [2.24, 2.45) is 0 Å². The number of unbranched alkanes of at least 4 members (excludes halogenated alkanes) is 1. The van der Waals surface area contributed by atoms with E-state index in [1.54, 1.807) is 0 Å². The van der Waals surface area contributed by atoms with Gasteiger partial charge < -0.3 is 0 Å². The molecule has 0 radical (unpaired) electrons. The molecule has 0 fully saturated rings. The average molecular weight is 417 g/mol. The highest BCUT2D eigenvalue weighted by Crippen LogP contribution is 2.29. The third kappa shape index (κ3) is 4.68. The summed E-state index contributed by atoms with van der Waals surface area (Å²) in [5.74, 6) is 2.41. The summed E-state index contributed by atoms with van der Waals surface area (Å²) in [5, 5.41) is 19.2. The summed E-state index contributed by atoms with van der Waals surface area (Å²) in [7, 11) is 0. The zero-order chi connectivity index (χ0) is 21.8. The molecule has 8 heteroatoms. The van der Waals surface area contributed by atoms with Crippen LogP contribution in [0.25, 0.3) is 22.5 Å². The molecule has 4 rings (SSSR count). The summed E-state index contributed by atoms with van der Waals surface area (Å²) < 4.78 is 2.05. The number of nitrogens with one attached hydrogen (secondary N) is 1. The molecule has 4 aromatic rings. The number of pyridine rings is 1. The van der Waals surface area contributed by atoms with Crippen molar-refractivity contribution in [3.05, 3.63) is 59.9 Å². The predicted molar refractivity (Wildman–Crippen MR) is 119 cm³/mol. The number of rotatable bonds is 7. The van der Waals surface area contributed by atoms with E-state index in [1.807, 2.05) is 35.1 Å². The summed E-state index contributed by atoms with van der Waals surface area (Å²) in [6, 6.07) is 12.1. The van der Waals surface area contributed by atoms with Crippen LogP contribution in [0.4, 0.5) is 0 Å². The number of tetrazole rings is 1. The first-order chi connectivity index (χ1) is 15.0. The van der Waals surface area contributed by atoms with Crippen molar-refractivity contribution in [2.75, 3.05) is 0 Å². The van der Waals surface area contributed by atoms with Gasteiger partial charge in [-0.3, -0.25) is 4.98 Å². The third-order valence-corrected chi connectivity index (χ3v) is 5.13. The third-order valence-electron chi connectivity index (χ3n) is 5.13. The van der Waals surface area contributed by atoms with Crippen molar-refractivity contribution in [2.45, 2.75) is 58.9 Å². The molecule has 0 aliphatic heterocycles. The van der Waals surface area contributed by atoms with Gasteiger partial charge in [-0.15, -0.1) is 10.2 Å². The fraction of sp³-hybridized carbons (Fsp3) is 0.391. The molecule has 1 N–H and O–H groups in total. The Hall–Kier alpha value is -3.42.